The Morgan fingerprint density at radius 1 is 1.08 bits per heavy atom. The second-order valence-electron chi connectivity index (χ2n) is 8.07. The molecule has 0 amide bonds. The number of hydrogen-bond donors (Lipinski definition) is 1. The van der Waals surface area contributed by atoms with Gasteiger partial charge in [0.2, 0.25) is 11.2 Å². The standard InChI is InChI=1S/C25H26N2O5.C3H7N/c1-29-21-9-7-17-18(12-20(21)28)19(26)8-6-16-11-22(30-2)24(31-3)25(23(16)17)32-14-15-5-4-10-27-13-15;1-3-4-2/h4-5,7,9-13,19H,6,8,14,26H2,1-3H3;3H,1-2H3. The summed E-state index contributed by atoms with van der Waals surface area (Å²) in [6.07, 6.45) is 6.59. The number of nitrogens with two attached hydrogens (primary N) is 1. The molecular formula is C28H33N3O5. The van der Waals surface area contributed by atoms with E-state index in [9.17, 15) is 4.79 Å². The van der Waals surface area contributed by atoms with Crippen LogP contribution in [0.5, 0.6) is 23.0 Å². The first-order chi connectivity index (χ1) is 17.5. The Morgan fingerprint density at radius 3 is 2.44 bits per heavy atom. The SMILES string of the molecule is CC=NC.COc1cc2c(c(OCc3cccnc3)c1OC)-c1ccc(OC)c(=O)cc1C(N)CC2. The summed E-state index contributed by atoms with van der Waals surface area (Å²) in [6, 6.07) is 10.5. The number of rotatable bonds is 6. The van der Waals surface area contributed by atoms with Gasteiger partial charge in [-0.2, -0.15) is 0 Å². The van der Waals surface area contributed by atoms with Crippen molar-refractivity contribution in [2.75, 3.05) is 28.4 Å². The lowest BCUT2D eigenvalue weighted by molar-refractivity contribution is 0.276. The molecule has 0 saturated heterocycles. The molecular weight excluding hydrogens is 458 g/mol. The fraction of sp³-hybridized carbons (Fsp3) is 0.321. The molecule has 0 aliphatic heterocycles. The Kier molecular flexibility index (Phi) is 9.41. The molecule has 1 heterocycles. The van der Waals surface area contributed by atoms with E-state index in [1.54, 1.807) is 52.0 Å². The van der Waals surface area contributed by atoms with Crippen molar-refractivity contribution in [1.82, 2.24) is 4.98 Å². The third kappa shape index (κ3) is 5.83. The minimum atomic E-state index is -0.314. The molecule has 0 fully saturated rings. The van der Waals surface area contributed by atoms with Crippen LogP contribution in [0, 0.1) is 0 Å². The normalized spacial score (nSPS) is 14.0. The molecule has 0 radical (unpaired) electrons. The molecule has 8 nitrogen and oxygen atoms in total. The predicted molar refractivity (Wildman–Crippen MR) is 142 cm³/mol. The Hall–Kier alpha value is -3.91. The summed E-state index contributed by atoms with van der Waals surface area (Å²) in [5.41, 5.74) is 10.6. The number of aromatic nitrogens is 1. The van der Waals surface area contributed by atoms with E-state index >= 15 is 0 Å². The van der Waals surface area contributed by atoms with Crippen LogP contribution in [0.25, 0.3) is 11.1 Å². The third-order valence-corrected chi connectivity index (χ3v) is 5.93. The molecule has 8 heteroatoms. The van der Waals surface area contributed by atoms with Gasteiger partial charge in [-0.1, -0.05) is 12.1 Å². The van der Waals surface area contributed by atoms with Crippen molar-refractivity contribution >= 4 is 6.21 Å². The van der Waals surface area contributed by atoms with Crippen molar-refractivity contribution in [1.29, 1.82) is 0 Å². The number of benzene rings is 1. The Balaban J connectivity index is 0.000000840. The van der Waals surface area contributed by atoms with E-state index in [-0.39, 0.29) is 17.2 Å². The molecule has 1 aliphatic carbocycles. The van der Waals surface area contributed by atoms with Crippen LogP contribution in [0.15, 0.2) is 58.6 Å². The zero-order valence-electron chi connectivity index (χ0n) is 21.4. The topological polar surface area (TPSA) is 105 Å². The molecule has 0 bridgehead atoms. The van der Waals surface area contributed by atoms with E-state index in [0.29, 0.717) is 36.7 Å². The van der Waals surface area contributed by atoms with Crippen LogP contribution in [-0.4, -0.2) is 39.6 Å². The fourth-order valence-corrected chi connectivity index (χ4v) is 4.08. The average Bonchev–Trinajstić information content (AvgIpc) is 3.15. The average molecular weight is 492 g/mol. The molecule has 0 saturated carbocycles. The summed E-state index contributed by atoms with van der Waals surface area (Å²) >= 11 is 0. The van der Waals surface area contributed by atoms with Gasteiger partial charge in [0, 0.05) is 36.6 Å². The van der Waals surface area contributed by atoms with Crippen LogP contribution in [-0.2, 0) is 13.0 Å². The van der Waals surface area contributed by atoms with Crippen LogP contribution in [0.4, 0.5) is 0 Å². The number of aliphatic imine (C=N–C) groups is 1. The first-order valence-corrected chi connectivity index (χ1v) is 11.6. The maximum absolute atomic E-state index is 12.6. The van der Waals surface area contributed by atoms with Gasteiger partial charge in [0.05, 0.1) is 21.3 Å². The van der Waals surface area contributed by atoms with Crippen molar-refractivity contribution in [3.8, 4) is 34.1 Å². The number of aryl methyl sites for hydroxylation is 1. The first-order valence-electron chi connectivity index (χ1n) is 11.6. The summed E-state index contributed by atoms with van der Waals surface area (Å²) in [5.74, 6) is 1.85. The molecule has 3 aromatic rings. The fourth-order valence-electron chi connectivity index (χ4n) is 4.08. The highest BCUT2D eigenvalue weighted by atomic mass is 16.5. The van der Waals surface area contributed by atoms with Crippen LogP contribution in [0.1, 0.15) is 36.1 Å². The van der Waals surface area contributed by atoms with E-state index in [1.165, 1.54) is 7.11 Å². The summed E-state index contributed by atoms with van der Waals surface area (Å²) in [7, 11) is 6.40. The van der Waals surface area contributed by atoms with Gasteiger partial charge in [0.1, 0.15) is 6.61 Å². The van der Waals surface area contributed by atoms with Gasteiger partial charge in [-0.15, -0.1) is 0 Å². The maximum atomic E-state index is 12.6. The largest absolute Gasteiger partial charge is 0.493 e. The Labute approximate surface area is 211 Å². The summed E-state index contributed by atoms with van der Waals surface area (Å²) < 4.78 is 22.9. The second-order valence-corrected chi connectivity index (χ2v) is 8.07. The van der Waals surface area contributed by atoms with E-state index in [1.807, 2.05) is 31.2 Å². The second kappa shape index (κ2) is 12.7. The smallest absolute Gasteiger partial charge is 0.220 e. The molecule has 0 spiro atoms. The number of fused-ring (bicyclic) bond motifs is 3. The van der Waals surface area contributed by atoms with Crippen LogP contribution >= 0.6 is 0 Å². The van der Waals surface area contributed by atoms with E-state index in [2.05, 4.69) is 9.98 Å². The van der Waals surface area contributed by atoms with Crippen molar-refractivity contribution in [2.24, 2.45) is 10.7 Å². The summed E-state index contributed by atoms with van der Waals surface area (Å²) in [4.78, 5) is 20.4. The van der Waals surface area contributed by atoms with Gasteiger partial charge in [-0.05, 0) is 66.9 Å². The molecule has 1 aliphatic rings. The zero-order valence-corrected chi connectivity index (χ0v) is 21.4. The van der Waals surface area contributed by atoms with Crippen LogP contribution < -0.4 is 30.1 Å². The number of pyridine rings is 1. The molecule has 1 atom stereocenters. The lowest BCUT2D eigenvalue weighted by Crippen LogP contribution is -2.12. The minimum absolute atomic E-state index is 0.217. The third-order valence-electron chi connectivity index (χ3n) is 5.93. The van der Waals surface area contributed by atoms with Crippen LogP contribution in [0.3, 0.4) is 0 Å². The van der Waals surface area contributed by atoms with Crippen LogP contribution in [0.2, 0.25) is 0 Å². The predicted octanol–water partition coefficient (Wildman–Crippen LogP) is 4.37. The summed E-state index contributed by atoms with van der Waals surface area (Å²) in [6.45, 7) is 2.18. The molecule has 1 aromatic heterocycles. The summed E-state index contributed by atoms with van der Waals surface area (Å²) in [5, 5.41) is 0. The Morgan fingerprint density at radius 2 is 1.83 bits per heavy atom. The van der Waals surface area contributed by atoms with Gasteiger partial charge in [-0.3, -0.25) is 9.78 Å². The molecule has 2 aromatic carbocycles. The van der Waals surface area contributed by atoms with Crippen molar-refractivity contribution in [2.45, 2.75) is 32.4 Å². The van der Waals surface area contributed by atoms with Gasteiger partial charge in [-0.25, -0.2) is 0 Å². The lowest BCUT2D eigenvalue weighted by Gasteiger charge is -2.20. The number of methoxy groups -OCH3 is 3. The maximum Gasteiger partial charge on any atom is 0.220 e. The monoisotopic (exact) mass is 491 g/mol. The van der Waals surface area contributed by atoms with Crippen molar-refractivity contribution in [3.05, 3.63) is 75.7 Å². The van der Waals surface area contributed by atoms with Gasteiger partial charge in [0.15, 0.2) is 17.2 Å². The van der Waals surface area contributed by atoms with E-state index in [0.717, 1.165) is 27.8 Å². The van der Waals surface area contributed by atoms with Crippen molar-refractivity contribution < 1.29 is 18.9 Å². The molecule has 36 heavy (non-hydrogen) atoms. The van der Waals surface area contributed by atoms with Gasteiger partial charge in [0.25, 0.3) is 0 Å². The first kappa shape index (κ1) is 26.7. The lowest BCUT2D eigenvalue weighted by atomic mass is 9.95. The van der Waals surface area contributed by atoms with Crippen molar-refractivity contribution in [3.63, 3.8) is 0 Å². The Bertz CT molecular complexity index is 1260. The number of hydrogen-bond acceptors (Lipinski definition) is 8. The highest BCUT2D eigenvalue weighted by Crippen LogP contribution is 2.50. The number of nitrogens with zero attached hydrogens (tertiary/aromatic N) is 2. The highest BCUT2D eigenvalue weighted by Gasteiger charge is 2.28. The van der Waals surface area contributed by atoms with E-state index in [4.69, 9.17) is 24.7 Å². The number of ether oxygens (including phenoxy) is 4. The highest BCUT2D eigenvalue weighted by molar-refractivity contribution is 5.82. The zero-order chi connectivity index (χ0) is 26.1. The molecule has 4 rings (SSSR count). The van der Waals surface area contributed by atoms with Gasteiger partial charge >= 0.3 is 0 Å². The minimum Gasteiger partial charge on any atom is -0.493 e. The van der Waals surface area contributed by atoms with E-state index < -0.39 is 0 Å². The van der Waals surface area contributed by atoms with Gasteiger partial charge < -0.3 is 29.7 Å². The molecule has 190 valence electrons. The molecule has 1 unspecified atom stereocenters. The molecule has 2 N–H and O–H groups in total. The quantitative estimate of drug-likeness (QED) is 0.511.